The molecule has 1 saturated heterocycles. The third kappa shape index (κ3) is 2.15. The van der Waals surface area contributed by atoms with Crippen molar-refractivity contribution in [2.24, 2.45) is 0 Å². The van der Waals surface area contributed by atoms with Crippen LogP contribution in [0.1, 0.15) is 5.56 Å². The molecule has 0 bridgehead atoms. The Hall–Kier alpha value is -1.58. The summed E-state index contributed by atoms with van der Waals surface area (Å²) in [7, 11) is 0. The number of nitriles is 1. The number of nitro groups is 1. The summed E-state index contributed by atoms with van der Waals surface area (Å²) in [6.07, 6.45) is 0. The molecule has 1 aliphatic heterocycles. The Kier molecular flexibility index (Phi) is 3.08. The quantitative estimate of drug-likeness (QED) is 0.592. The number of nitrogens with zero attached hydrogens (tertiary/aromatic N) is 2. The van der Waals surface area contributed by atoms with Gasteiger partial charge in [-0.05, 0) is 12.1 Å². The molecule has 0 aromatic heterocycles. The van der Waals surface area contributed by atoms with Gasteiger partial charge in [0.15, 0.2) is 0 Å². The van der Waals surface area contributed by atoms with Crippen LogP contribution >= 0.6 is 11.8 Å². The lowest BCUT2D eigenvalue weighted by Gasteiger charge is -2.25. The number of nitro benzene ring substituents is 1. The van der Waals surface area contributed by atoms with Gasteiger partial charge in [-0.2, -0.15) is 5.26 Å². The molecule has 0 unspecified atom stereocenters. The maximum atomic E-state index is 10.6. The number of ether oxygens (including phenoxy) is 1. The summed E-state index contributed by atoms with van der Waals surface area (Å²) in [6.45, 7) is 1.40. The van der Waals surface area contributed by atoms with Gasteiger partial charge < -0.3 is 4.74 Å². The third-order valence-electron chi connectivity index (χ3n) is 2.20. The van der Waals surface area contributed by atoms with Crippen molar-refractivity contribution in [1.82, 2.24) is 0 Å². The van der Waals surface area contributed by atoms with Crippen LogP contribution in [0, 0.1) is 21.4 Å². The predicted molar refractivity (Wildman–Crippen MR) is 58.3 cm³/mol. The number of hydrogen-bond donors (Lipinski definition) is 0. The monoisotopic (exact) mass is 236 g/mol. The molecule has 6 heteroatoms. The van der Waals surface area contributed by atoms with Gasteiger partial charge in [-0.1, -0.05) is 0 Å². The van der Waals surface area contributed by atoms with Crippen LogP contribution in [0.3, 0.4) is 0 Å². The van der Waals surface area contributed by atoms with Gasteiger partial charge >= 0.3 is 0 Å². The average molecular weight is 236 g/mol. The lowest BCUT2D eigenvalue weighted by molar-refractivity contribution is -0.385. The van der Waals surface area contributed by atoms with Gasteiger partial charge in [0, 0.05) is 11.0 Å². The highest BCUT2D eigenvalue weighted by Crippen LogP contribution is 2.31. The van der Waals surface area contributed by atoms with Crippen LogP contribution in [-0.2, 0) is 4.74 Å². The zero-order valence-corrected chi connectivity index (χ0v) is 9.07. The van der Waals surface area contributed by atoms with Gasteiger partial charge in [-0.15, -0.1) is 11.8 Å². The summed E-state index contributed by atoms with van der Waals surface area (Å²) in [5, 5.41) is 19.8. The molecule has 0 amide bonds. The van der Waals surface area contributed by atoms with Crippen LogP contribution in [0.25, 0.3) is 0 Å². The number of benzene rings is 1. The highest BCUT2D eigenvalue weighted by atomic mass is 32.2. The SMILES string of the molecule is N#Cc1cc(SC2COC2)ccc1[N+](=O)[O-]. The first-order chi connectivity index (χ1) is 7.70. The molecule has 0 saturated carbocycles. The summed E-state index contributed by atoms with van der Waals surface area (Å²) in [5.74, 6) is 0. The fourth-order valence-corrected chi connectivity index (χ4v) is 2.36. The van der Waals surface area contributed by atoms with Crippen LogP contribution in [0.2, 0.25) is 0 Å². The number of rotatable bonds is 3. The first kappa shape index (κ1) is 10.9. The summed E-state index contributed by atoms with van der Waals surface area (Å²) in [5.41, 5.74) is -0.0352. The fraction of sp³-hybridized carbons (Fsp3) is 0.300. The summed E-state index contributed by atoms with van der Waals surface area (Å²) >= 11 is 1.58. The minimum Gasteiger partial charge on any atom is -0.379 e. The fourth-order valence-electron chi connectivity index (χ4n) is 1.31. The molecule has 0 aliphatic carbocycles. The lowest BCUT2D eigenvalue weighted by Crippen LogP contribution is -2.29. The minimum absolute atomic E-state index is 0.107. The van der Waals surface area contributed by atoms with Crippen LogP contribution in [0.4, 0.5) is 5.69 Å². The van der Waals surface area contributed by atoms with Crippen LogP contribution in [0.15, 0.2) is 23.1 Å². The van der Waals surface area contributed by atoms with Gasteiger partial charge in [0.1, 0.15) is 11.6 Å². The number of thioether (sulfide) groups is 1. The predicted octanol–water partition coefficient (Wildman–Crippen LogP) is 1.96. The maximum Gasteiger partial charge on any atom is 0.287 e. The van der Waals surface area contributed by atoms with Crippen molar-refractivity contribution in [3.8, 4) is 6.07 Å². The maximum absolute atomic E-state index is 10.6. The van der Waals surface area contributed by atoms with Gasteiger partial charge in [-0.25, -0.2) is 0 Å². The molecule has 0 N–H and O–H groups in total. The van der Waals surface area contributed by atoms with Crippen molar-refractivity contribution in [2.45, 2.75) is 10.1 Å². The standard InChI is InChI=1S/C10H8N2O3S/c11-4-7-3-8(16-9-5-15-6-9)1-2-10(7)12(13)14/h1-3,9H,5-6H2. The van der Waals surface area contributed by atoms with Crippen molar-refractivity contribution in [2.75, 3.05) is 13.2 Å². The largest absolute Gasteiger partial charge is 0.379 e. The van der Waals surface area contributed by atoms with Crippen molar-refractivity contribution < 1.29 is 9.66 Å². The Morgan fingerprint density at radius 1 is 1.56 bits per heavy atom. The average Bonchev–Trinajstić information content (AvgIpc) is 2.23. The molecule has 5 nitrogen and oxygen atoms in total. The van der Waals surface area contributed by atoms with Crippen LogP contribution in [-0.4, -0.2) is 23.4 Å². The lowest BCUT2D eigenvalue weighted by atomic mass is 10.2. The summed E-state index contributed by atoms with van der Waals surface area (Å²) < 4.78 is 5.03. The van der Waals surface area contributed by atoms with Gasteiger partial charge in [0.05, 0.1) is 23.4 Å². The third-order valence-corrected chi connectivity index (χ3v) is 3.33. The van der Waals surface area contributed by atoms with E-state index in [1.807, 2.05) is 6.07 Å². The van der Waals surface area contributed by atoms with Gasteiger partial charge in [0.2, 0.25) is 0 Å². The van der Waals surface area contributed by atoms with E-state index in [4.69, 9.17) is 10.00 Å². The van der Waals surface area contributed by atoms with Crippen LogP contribution < -0.4 is 0 Å². The zero-order valence-electron chi connectivity index (χ0n) is 8.25. The second-order valence-corrected chi connectivity index (χ2v) is 4.70. The van der Waals surface area contributed by atoms with E-state index in [-0.39, 0.29) is 11.3 Å². The second kappa shape index (κ2) is 4.51. The molecule has 0 atom stereocenters. The first-order valence-corrected chi connectivity index (χ1v) is 5.51. The molecule has 0 radical (unpaired) electrons. The zero-order chi connectivity index (χ0) is 11.5. The van der Waals surface area contributed by atoms with E-state index in [1.165, 1.54) is 6.07 Å². The Balaban J connectivity index is 2.22. The van der Waals surface area contributed by atoms with E-state index >= 15 is 0 Å². The highest BCUT2D eigenvalue weighted by Gasteiger charge is 2.21. The molecule has 0 spiro atoms. The first-order valence-electron chi connectivity index (χ1n) is 4.63. The molecule has 1 aliphatic rings. The summed E-state index contributed by atoms with van der Waals surface area (Å²) in [4.78, 5) is 10.9. The smallest absolute Gasteiger partial charge is 0.287 e. The highest BCUT2D eigenvalue weighted by molar-refractivity contribution is 8.00. The van der Waals surface area contributed by atoms with Crippen molar-refractivity contribution in [3.63, 3.8) is 0 Å². The van der Waals surface area contributed by atoms with E-state index in [9.17, 15) is 10.1 Å². The second-order valence-electron chi connectivity index (χ2n) is 3.33. The molecular weight excluding hydrogens is 228 g/mol. The molecular formula is C10H8N2O3S. The van der Waals surface area contributed by atoms with E-state index in [2.05, 4.69) is 0 Å². The van der Waals surface area contributed by atoms with Gasteiger partial charge in [-0.3, -0.25) is 10.1 Å². The molecule has 1 heterocycles. The van der Waals surface area contributed by atoms with Crippen molar-refractivity contribution in [3.05, 3.63) is 33.9 Å². The number of hydrogen-bond acceptors (Lipinski definition) is 5. The van der Waals surface area contributed by atoms with Crippen molar-refractivity contribution in [1.29, 1.82) is 5.26 Å². The Labute approximate surface area is 96.2 Å². The van der Waals surface area contributed by atoms with E-state index in [0.29, 0.717) is 18.5 Å². The molecule has 2 rings (SSSR count). The van der Waals surface area contributed by atoms with Crippen LogP contribution in [0.5, 0.6) is 0 Å². The molecule has 82 valence electrons. The minimum atomic E-state index is -0.542. The Bertz CT molecular complexity index is 466. The molecule has 1 fully saturated rings. The van der Waals surface area contributed by atoms with Crippen molar-refractivity contribution >= 4 is 17.4 Å². The van der Waals surface area contributed by atoms with E-state index < -0.39 is 4.92 Å². The normalized spacial score (nSPS) is 15.2. The van der Waals surface area contributed by atoms with E-state index in [1.54, 1.807) is 23.9 Å². The topological polar surface area (TPSA) is 76.2 Å². The Morgan fingerprint density at radius 3 is 2.81 bits per heavy atom. The van der Waals surface area contributed by atoms with Gasteiger partial charge in [0.25, 0.3) is 5.69 Å². The summed E-state index contributed by atoms with van der Waals surface area (Å²) in [6, 6.07) is 6.44. The molecule has 1 aromatic carbocycles. The Morgan fingerprint density at radius 2 is 2.31 bits per heavy atom. The molecule has 16 heavy (non-hydrogen) atoms. The molecule has 1 aromatic rings. The van der Waals surface area contributed by atoms with E-state index in [0.717, 1.165) is 4.90 Å².